The molecule has 0 unspecified atom stereocenters. The second kappa shape index (κ2) is 6.43. The Labute approximate surface area is 124 Å². The Morgan fingerprint density at radius 3 is 2.57 bits per heavy atom. The van der Waals surface area contributed by atoms with E-state index in [1.165, 1.54) is 9.80 Å². The first-order valence-electron chi connectivity index (χ1n) is 7.46. The van der Waals surface area contributed by atoms with Crippen LogP contribution in [0.1, 0.15) is 38.5 Å². The summed E-state index contributed by atoms with van der Waals surface area (Å²) in [6.07, 6.45) is 4.15. The Morgan fingerprint density at radius 1 is 1.33 bits per heavy atom. The van der Waals surface area contributed by atoms with E-state index in [4.69, 9.17) is 0 Å². The molecule has 0 spiro atoms. The average molecular weight is 297 g/mol. The SMILES string of the molecule is CN1CC(=O)N(CCCC(=O)NCC2(O)CCCC2)C1=O. The van der Waals surface area contributed by atoms with Crippen LogP contribution in [0.4, 0.5) is 4.79 Å². The number of likely N-dealkylation sites (N-methyl/N-ethyl adjacent to an activating group) is 1. The fraction of sp³-hybridized carbons (Fsp3) is 0.786. The molecule has 1 aliphatic heterocycles. The first-order chi connectivity index (χ1) is 9.91. The van der Waals surface area contributed by atoms with Crippen LogP contribution in [-0.2, 0) is 9.59 Å². The van der Waals surface area contributed by atoms with E-state index in [-0.39, 0.29) is 43.9 Å². The second-order valence-electron chi connectivity index (χ2n) is 6.00. The Morgan fingerprint density at radius 2 is 2.00 bits per heavy atom. The molecule has 21 heavy (non-hydrogen) atoms. The third-order valence-electron chi connectivity index (χ3n) is 4.17. The Hall–Kier alpha value is -1.63. The summed E-state index contributed by atoms with van der Waals surface area (Å²) in [5, 5.41) is 12.9. The summed E-state index contributed by atoms with van der Waals surface area (Å²) < 4.78 is 0. The highest BCUT2D eigenvalue weighted by molar-refractivity contribution is 6.01. The molecule has 0 radical (unpaired) electrons. The molecule has 0 atom stereocenters. The molecule has 2 aliphatic rings. The molecule has 4 amide bonds. The number of imide groups is 1. The minimum absolute atomic E-state index is 0.109. The molecule has 118 valence electrons. The Balaban J connectivity index is 1.65. The molecule has 2 fully saturated rings. The zero-order valence-electron chi connectivity index (χ0n) is 12.4. The Kier molecular flexibility index (Phi) is 4.82. The lowest BCUT2D eigenvalue weighted by Crippen LogP contribution is -2.41. The summed E-state index contributed by atoms with van der Waals surface area (Å²) in [7, 11) is 1.58. The highest BCUT2D eigenvalue weighted by Crippen LogP contribution is 2.28. The molecule has 0 aromatic rings. The zero-order valence-corrected chi connectivity index (χ0v) is 12.4. The monoisotopic (exact) mass is 297 g/mol. The molecule has 1 saturated carbocycles. The zero-order chi connectivity index (χ0) is 15.5. The van der Waals surface area contributed by atoms with Crippen LogP contribution in [0.2, 0.25) is 0 Å². The molecule has 7 nitrogen and oxygen atoms in total. The summed E-state index contributed by atoms with van der Waals surface area (Å²) in [6, 6.07) is -0.305. The third kappa shape index (κ3) is 3.93. The van der Waals surface area contributed by atoms with Crippen molar-refractivity contribution in [1.29, 1.82) is 0 Å². The van der Waals surface area contributed by atoms with Crippen molar-refractivity contribution in [3.8, 4) is 0 Å². The first kappa shape index (κ1) is 15.8. The van der Waals surface area contributed by atoms with Crippen molar-refractivity contribution < 1.29 is 19.5 Å². The van der Waals surface area contributed by atoms with Gasteiger partial charge in [-0.15, -0.1) is 0 Å². The van der Waals surface area contributed by atoms with Gasteiger partial charge in [0.1, 0.15) is 6.54 Å². The van der Waals surface area contributed by atoms with E-state index in [9.17, 15) is 19.5 Å². The number of urea groups is 1. The van der Waals surface area contributed by atoms with E-state index in [2.05, 4.69) is 5.32 Å². The van der Waals surface area contributed by atoms with Crippen molar-refractivity contribution in [2.45, 2.75) is 44.1 Å². The topological polar surface area (TPSA) is 90.0 Å². The van der Waals surface area contributed by atoms with Crippen LogP contribution < -0.4 is 5.32 Å². The number of amides is 4. The molecular weight excluding hydrogens is 274 g/mol. The van der Waals surface area contributed by atoms with Crippen molar-refractivity contribution in [3.05, 3.63) is 0 Å². The van der Waals surface area contributed by atoms with Crippen LogP contribution in [0, 0.1) is 0 Å². The van der Waals surface area contributed by atoms with Crippen LogP contribution in [0.15, 0.2) is 0 Å². The van der Waals surface area contributed by atoms with E-state index in [1.54, 1.807) is 7.05 Å². The summed E-state index contributed by atoms with van der Waals surface area (Å²) in [5.74, 6) is -0.369. The van der Waals surface area contributed by atoms with E-state index in [0.717, 1.165) is 25.7 Å². The number of aliphatic hydroxyl groups is 1. The van der Waals surface area contributed by atoms with E-state index in [1.807, 2.05) is 0 Å². The molecule has 1 aliphatic carbocycles. The van der Waals surface area contributed by atoms with Gasteiger partial charge in [0, 0.05) is 26.6 Å². The van der Waals surface area contributed by atoms with E-state index in [0.29, 0.717) is 6.42 Å². The highest BCUT2D eigenvalue weighted by atomic mass is 16.3. The van der Waals surface area contributed by atoms with Crippen LogP contribution in [0.25, 0.3) is 0 Å². The van der Waals surface area contributed by atoms with E-state index >= 15 is 0 Å². The Bertz CT molecular complexity index is 432. The standard InChI is InChI=1S/C14H23N3O4/c1-16-9-12(19)17(13(16)20)8-4-5-11(18)15-10-14(21)6-2-3-7-14/h21H,2-10H2,1H3,(H,15,18). The number of nitrogens with zero attached hydrogens (tertiary/aromatic N) is 2. The molecular formula is C14H23N3O4. The van der Waals surface area contributed by atoms with Gasteiger partial charge >= 0.3 is 6.03 Å². The first-order valence-corrected chi connectivity index (χ1v) is 7.46. The third-order valence-corrected chi connectivity index (χ3v) is 4.17. The van der Waals surface area contributed by atoms with Crippen LogP contribution in [-0.4, -0.2) is 65.0 Å². The predicted molar refractivity (Wildman–Crippen MR) is 75.4 cm³/mol. The highest BCUT2D eigenvalue weighted by Gasteiger charge is 2.33. The van der Waals surface area contributed by atoms with E-state index < -0.39 is 5.60 Å². The van der Waals surface area contributed by atoms with Gasteiger partial charge in [-0.1, -0.05) is 12.8 Å². The number of nitrogens with one attached hydrogen (secondary N) is 1. The molecule has 2 N–H and O–H groups in total. The van der Waals surface area contributed by atoms with Gasteiger partial charge in [0.25, 0.3) is 0 Å². The van der Waals surface area contributed by atoms with Crippen LogP contribution in [0.5, 0.6) is 0 Å². The number of hydrogen-bond acceptors (Lipinski definition) is 4. The number of carbonyl (C=O) groups is 3. The second-order valence-corrected chi connectivity index (χ2v) is 6.00. The van der Waals surface area contributed by atoms with Gasteiger partial charge in [0.15, 0.2) is 0 Å². The van der Waals surface area contributed by atoms with Crippen molar-refractivity contribution in [2.75, 3.05) is 26.7 Å². The van der Waals surface area contributed by atoms with Crippen molar-refractivity contribution in [2.24, 2.45) is 0 Å². The maximum Gasteiger partial charge on any atom is 0.326 e. The van der Waals surface area contributed by atoms with Crippen molar-refractivity contribution in [3.63, 3.8) is 0 Å². The quantitative estimate of drug-likeness (QED) is 0.680. The maximum absolute atomic E-state index is 11.7. The normalized spacial score (nSPS) is 21.2. The van der Waals surface area contributed by atoms with Crippen LogP contribution >= 0.6 is 0 Å². The lowest BCUT2D eigenvalue weighted by Gasteiger charge is -2.22. The molecule has 0 bridgehead atoms. The largest absolute Gasteiger partial charge is 0.388 e. The number of hydrogen-bond donors (Lipinski definition) is 2. The van der Waals surface area contributed by atoms with Gasteiger partial charge in [-0.25, -0.2) is 4.79 Å². The fourth-order valence-electron chi connectivity index (χ4n) is 2.85. The van der Waals surface area contributed by atoms with Gasteiger partial charge in [-0.2, -0.15) is 0 Å². The van der Waals surface area contributed by atoms with Crippen molar-refractivity contribution >= 4 is 17.8 Å². The lowest BCUT2D eigenvalue weighted by molar-refractivity contribution is -0.126. The van der Waals surface area contributed by atoms with Crippen molar-refractivity contribution in [1.82, 2.24) is 15.1 Å². The van der Waals surface area contributed by atoms with Gasteiger partial charge in [-0.05, 0) is 19.3 Å². The fourth-order valence-corrected chi connectivity index (χ4v) is 2.85. The number of rotatable bonds is 6. The summed E-state index contributed by atoms with van der Waals surface area (Å²) >= 11 is 0. The predicted octanol–water partition coefficient (Wildman–Crippen LogP) is 0.0819. The minimum atomic E-state index is -0.751. The van der Waals surface area contributed by atoms with Crippen LogP contribution in [0.3, 0.4) is 0 Å². The molecule has 1 saturated heterocycles. The summed E-state index contributed by atoms with van der Waals surface area (Å²) in [5.41, 5.74) is -0.751. The lowest BCUT2D eigenvalue weighted by atomic mass is 10.0. The summed E-state index contributed by atoms with van der Waals surface area (Å²) in [6.45, 7) is 0.661. The summed E-state index contributed by atoms with van der Waals surface area (Å²) in [4.78, 5) is 37.4. The van der Waals surface area contributed by atoms with Gasteiger partial charge in [0.05, 0.1) is 5.60 Å². The molecule has 0 aromatic heterocycles. The smallest absolute Gasteiger partial charge is 0.326 e. The van der Waals surface area contributed by atoms with Gasteiger partial charge < -0.3 is 15.3 Å². The molecule has 2 rings (SSSR count). The molecule has 7 heteroatoms. The van der Waals surface area contributed by atoms with Gasteiger partial charge in [-0.3, -0.25) is 14.5 Å². The minimum Gasteiger partial charge on any atom is -0.388 e. The molecule has 1 heterocycles. The maximum atomic E-state index is 11.7. The molecule has 0 aromatic carbocycles. The van der Waals surface area contributed by atoms with Gasteiger partial charge in [0.2, 0.25) is 11.8 Å². The number of carbonyl (C=O) groups excluding carboxylic acids is 3. The average Bonchev–Trinajstić information content (AvgIpc) is 2.96.